The van der Waals surface area contributed by atoms with Crippen LogP contribution in [0.5, 0.6) is 0 Å². The monoisotopic (exact) mass is 566 g/mol. The number of halogens is 3. The first-order chi connectivity index (χ1) is 18.4. The molecule has 39 heavy (non-hydrogen) atoms. The van der Waals surface area contributed by atoms with Crippen molar-refractivity contribution in [2.75, 3.05) is 33.2 Å². The minimum absolute atomic E-state index is 0.142. The molecule has 2 aromatic carbocycles. The Morgan fingerprint density at radius 3 is 2.38 bits per heavy atom. The molecule has 0 amide bonds. The van der Waals surface area contributed by atoms with E-state index in [1.54, 1.807) is 17.1 Å². The molecular formula is C27H33F3N4O4S. The minimum Gasteiger partial charge on any atom is -0.378 e. The first-order valence-electron chi connectivity index (χ1n) is 12.7. The van der Waals surface area contributed by atoms with E-state index in [0.29, 0.717) is 6.54 Å². The van der Waals surface area contributed by atoms with Gasteiger partial charge in [0.2, 0.25) is 10.0 Å². The van der Waals surface area contributed by atoms with E-state index < -0.39 is 52.2 Å². The summed E-state index contributed by atoms with van der Waals surface area (Å²) in [6, 6.07) is 10.8. The first kappa shape index (κ1) is 29.3. The normalized spacial score (nSPS) is 25.1. The molecule has 2 aromatic rings. The molecule has 0 aliphatic carbocycles. The first-order valence-corrected chi connectivity index (χ1v) is 14.2. The highest BCUT2D eigenvalue weighted by molar-refractivity contribution is 7.89. The average Bonchev–Trinajstić information content (AvgIpc) is 2.86. The molecule has 0 radical (unpaired) electrons. The Morgan fingerprint density at radius 1 is 1.10 bits per heavy atom. The Bertz CT molecular complexity index is 1320. The molecule has 4 rings (SSSR count). The van der Waals surface area contributed by atoms with Gasteiger partial charge in [-0.2, -0.15) is 22.4 Å². The maximum absolute atomic E-state index is 13.7. The van der Waals surface area contributed by atoms with Crippen molar-refractivity contribution in [2.45, 2.75) is 49.5 Å². The number of aliphatic hydroxyl groups excluding tert-OH is 1. The predicted octanol–water partition coefficient (Wildman–Crippen LogP) is 3.54. The van der Waals surface area contributed by atoms with E-state index in [4.69, 9.17) is 0 Å². The van der Waals surface area contributed by atoms with Crippen molar-refractivity contribution in [3.05, 3.63) is 76.2 Å². The van der Waals surface area contributed by atoms with E-state index in [2.05, 4.69) is 5.18 Å². The second-order valence-electron chi connectivity index (χ2n) is 10.1. The van der Waals surface area contributed by atoms with Crippen molar-refractivity contribution in [2.24, 2.45) is 5.18 Å². The Morgan fingerprint density at radius 2 is 1.77 bits per heavy atom. The standard InChI is InChI=1S/C27H33F3N4O4S/c1-17-7-6-8-21(18(17)2)19-9-11-20(12-10-19)24-22-16-33(13-4-5-14-34(22)26(24)35)39(37,38)23(15-32-36)25(31-3)27(28,29)30/h4-12,22-26,31,35H,13-16H2,1-3H3/b5-4-/t22-,23?,24-,25?,26+/m0/s1. The molecule has 2 aliphatic rings. The third kappa shape index (κ3) is 5.66. The van der Waals surface area contributed by atoms with Gasteiger partial charge in [0.05, 0.1) is 0 Å². The van der Waals surface area contributed by atoms with Crippen LogP contribution in [-0.2, 0) is 10.0 Å². The van der Waals surface area contributed by atoms with E-state index in [-0.39, 0.29) is 13.1 Å². The highest BCUT2D eigenvalue weighted by Crippen LogP contribution is 2.41. The fraction of sp³-hybridized carbons (Fsp3) is 0.481. The van der Waals surface area contributed by atoms with E-state index in [1.165, 1.54) is 5.56 Å². The summed E-state index contributed by atoms with van der Waals surface area (Å²) >= 11 is 0. The summed E-state index contributed by atoms with van der Waals surface area (Å²) < 4.78 is 69.0. The van der Waals surface area contributed by atoms with Crippen LogP contribution in [0.2, 0.25) is 0 Å². The number of nitrogens with one attached hydrogen (secondary N) is 1. The molecule has 0 spiro atoms. The van der Waals surface area contributed by atoms with E-state index >= 15 is 0 Å². The van der Waals surface area contributed by atoms with Crippen molar-refractivity contribution in [3.63, 3.8) is 0 Å². The molecule has 1 saturated heterocycles. The van der Waals surface area contributed by atoms with Gasteiger partial charge in [-0.25, -0.2) is 8.42 Å². The van der Waals surface area contributed by atoms with Gasteiger partial charge in [0, 0.05) is 31.6 Å². The lowest BCUT2D eigenvalue weighted by atomic mass is 9.79. The number of nitrogens with zero attached hydrogens (tertiary/aromatic N) is 3. The van der Waals surface area contributed by atoms with Crippen LogP contribution in [0.4, 0.5) is 13.2 Å². The van der Waals surface area contributed by atoms with Crippen LogP contribution in [0, 0.1) is 18.8 Å². The summed E-state index contributed by atoms with van der Waals surface area (Å²) in [5.74, 6) is -0.452. The van der Waals surface area contributed by atoms with Crippen LogP contribution in [0.15, 0.2) is 59.8 Å². The van der Waals surface area contributed by atoms with Gasteiger partial charge in [-0.05, 0) is 48.7 Å². The number of fused-ring (bicyclic) bond motifs is 1. The van der Waals surface area contributed by atoms with Crippen molar-refractivity contribution in [1.29, 1.82) is 0 Å². The second-order valence-corrected chi connectivity index (χ2v) is 12.2. The maximum atomic E-state index is 13.7. The summed E-state index contributed by atoms with van der Waals surface area (Å²) in [5.41, 5.74) is 5.22. The van der Waals surface area contributed by atoms with Gasteiger partial charge in [0.1, 0.15) is 24.1 Å². The summed E-state index contributed by atoms with van der Waals surface area (Å²) in [6.07, 6.45) is -2.57. The van der Waals surface area contributed by atoms with E-state index in [0.717, 1.165) is 33.6 Å². The SMILES string of the molecule is CNC(C(CN=O)S(=O)(=O)N1C/C=C\CN2[C@H](O)[C@@H](c3ccc(-c4cccc(C)c4C)cc3)[C@@H]2C1)C(F)(F)F. The van der Waals surface area contributed by atoms with Crippen LogP contribution in [0.3, 0.4) is 0 Å². The zero-order chi connectivity index (χ0) is 28.5. The third-order valence-corrected chi connectivity index (χ3v) is 10.1. The smallest absolute Gasteiger partial charge is 0.378 e. The summed E-state index contributed by atoms with van der Waals surface area (Å²) in [7, 11) is -3.62. The van der Waals surface area contributed by atoms with Crippen molar-refractivity contribution >= 4 is 10.0 Å². The molecule has 1 fully saturated rings. The summed E-state index contributed by atoms with van der Waals surface area (Å²) in [5, 5.41) is 13.4. The minimum atomic E-state index is -4.91. The molecule has 5 atom stereocenters. The Hall–Kier alpha value is -2.64. The van der Waals surface area contributed by atoms with E-state index in [1.807, 2.05) is 61.6 Å². The third-order valence-electron chi connectivity index (χ3n) is 7.93. The van der Waals surface area contributed by atoms with Gasteiger partial charge in [-0.3, -0.25) is 4.90 Å². The largest absolute Gasteiger partial charge is 0.405 e. The maximum Gasteiger partial charge on any atom is 0.405 e. The van der Waals surface area contributed by atoms with E-state index in [9.17, 15) is 31.6 Å². The molecule has 2 aliphatic heterocycles. The number of aryl methyl sites for hydroxylation is 1. The molecule has 2 heterocycles. The number of nitroso groups, excluding NO2 is 1. The quantitative estimate of drug-likeness (QED) is 0.375. The highest BCUT2D eigenvalue weighted by Gasteiger charge is 2.53. The lowest BCUT2D eigenvalue weighted by Crippen LogP contribution is -2.67. The van der Waals surface area contributed by atoms with Crippen LogP contribution < -0.4 is 5.32 Å². The molecule has 12 heteroatoms. The number of rotatable bonds is 8. The van der Waals surface area contributed by atoms with Crippen LogP contribution in [-0.4, -0.2) is 85.7 Å². The molecule has 8 nitrogen and oxygen atoms in total. The van der Waals surface area contributed by atoms with Crippen LogP contribution in [0.1, 0.15) is 22.6 Å². The predicted molar refractivity (Wildman–Crippen MR) is 144 cm³/mol. The number of benzene rings is 2. The number of hydrogen-bond donors (Lipinski definition) is 2. The topological polar surface area (TPSA) is 102 Å². The summed E-state index contributed by atoms with van der Waals surface area (Å²) in [4.78, 5) is 12.7. The molecule has 0 aromatic heterocycles. The molecule has 212 valence electrons. The number of aliphatic hydroxyl groups is 1. The van der Waals surface area contributed by atoms with Crippen LogP contribution >= 0.6 is 0 Å². The van der Waals surface area contributed by atoms with Gasteiger partial charge in [0.15, 0.2) is 0 Å². The Kier molecular flexibility index (Phi) is 8.62. The molecule has 2 N–H and O–H groups in total. The zero-order valence-electron chi connectivity index (χ0n) is 22.0. The fourth-order valence-electron chi connectivity index (χ4n) is 5.59. The molecular weight excluding hydrogens is 533 g/mol. The lowest BCUT2D eigenvalue weighted by molar-refractivity contribution is -0.154. The van der Waals surface area contributed by atoms with Gasteiger partial charge in [-0.15, -0.1) is 0 Å². The lowest BCUT2D eigenvalue weighted by Gasteiger charge is -2.54. The summed E-state index contributed by atoms with van der Waals surface area (Å²) in [6.45, 7) is 3.12. The highest BCUT2D eigenvalue weighted by atomic mass is 32.2. The molecule has 2 unspecified atom stereocenters. The zero-order valence-corrected chi connectivity index (χ0v) is 22.8. The van der Waals surface area contributed by atoms with Gasteiger partial charge < -0.3 is 10.4 Å². The van der Waals surface area contributed by atoms with Gasteiger partial charge >= 0.3 is 6.18 Å². The number of sulfonamides is 1. The van der Waals surface area contributed by atoms with Crippen molar-refractivity contribution in [1.82, 2.24) is 14.5 Å². The molecule has 0 bridgehead atoms. The van der Waals surface area contributed by atoms with Gasteiger partial charge in [-0.1, -0.05) is 59.8 Å². The number of alkyl halides is 3. The molecule has 0 saturated carbocycles. The van der Waals surface area contributed by atoms with Crippen molar-refractivity contribution < 1.29 is 26.7 Å². The Balaban J connectivity index is 1.63. The van der Waals surface area contributed by atoms with Gasteiger partial charge in [0.25, 0.3) is 0 Å². The van der Waals surface area contributed by atoms with Crippen molar-refractivity contribution in [3.8, 4) is 11.1 Å². The fourth-order valence-corrected chi connectivity index (χ4v) is 7.51. The average molecular weight is 567 g/mol. The Labute approximate surface area is 226 Å². The number of hydrogen-bond acceptors (Lipinski definition) is 7. The second kappa shape index (κ2) is 11.5. The van der Waals surface area contributed by atoms with Crippen LogP contribution in [0.25, 0.3) is 11.1 Å².